The number of carbonyl (C=O) groups is 1. The van der Waals surface area contributed by atoms with Gasteiger partial charge in [-0.05, 0) is 56.6 Å². The molecule has 0 radical (unpaired) electrons. The van der Waals surface area contributed by atoms with Crippen LogP contribution < -0.4 is 5.32 Å². The summed E-state index contributed by atoms with van der Waals surface area (Å²) in [6, 6.07) is 9.68. The lowest BCUT2D eigenvalue weighted by Crippen LogP contribution is -2.40. The van der Waals surface area contributed by atoms with Crippen LogP contribution in [-0.4, -0.2) is 37.5 Å². The van der Waals surface area contributed by atoms with Gasteiger partial charge < -0.3 is 14.6 Å². The van der Waals surface area contributed by atoms with Gasteiger partial charge in [-0.3, -0.25) is 4.79 Å². The molecule has 1 saturated heterocycles. The molecule has 0 saturated carbocycles. The van der Waals surface area contributed by atoms with E-state index in [4.69, 9.17) is 4.42 Å². The molecular formula is C18H21FN2O2. The number of nitrogens with one attached hydrogen (secondary N) is 1. The first-order valence-corrected chi connectivity index (χ1v) is 7.97. The van der Waals surface area contributed by atoms with Crippen molar-refractivity contribution in [3.63, 3.8) is 0 Å². The van der Waals surface area contributed by atoms with Crippen LogP contribution in [0.5, 0.6) is 0 Å². The van der Waals surface area contributed by atoms with Crippen molar-refractivity contribution in [2.75, 3.05) is 26.7 Å². The highest BCUT2D eigenvalue weighted by Gasteiger charge is 2.25. The van der Waals surface area contributed by atoms with Crippen LogP contribution in [0.3, 0.4) is 0 Å². The molecule has 1 fully saturated rings. The number of nitrogens with zero attached hydrogens (tertiary/aromatic N) is 1. The molecule has 2 aromatic rings. The molecule has 5 heteroatoms. The van der Waals surface area contributed by atoms with Crippen LogP contribution in [-0.2, 0) is 0 Å². The van der Waals surface area contributed by atoms with Crippen molar-refractivity contribution in [1.82, 2.24) is 10.2 Å². The van der Waals surface area contributed by atoms with Crippen LogP contribution in [0.2, 0.25) is 0 Å². The minimum Gasteiger partial charge on any atom is -0.451 e. The summed E-state index contributed by atoms with van der Waals surface area (Å²) in [6.07, 6.45) is 1.99. The lowest BCUT2D eigenvalue weighted by atomic mass is 9.97. The minimum absolute atomic E-state index is 0.115. The summed E-state index contributed by atoms with van der Waals surface area (Å²) in [5.74, 6) is 0.811. The minimum atomic E-state index is -0.353. The fourth-order valence-corrected chi connectivity index (χ4v) is 3.04. The average molecular weight is 316 g/mol. The summed E-state index contributed by atoms with van der Waals surface area (Å²) >= 11 is 0. The number of hydrogen-bond donors (Lipinski definition) is 1. The summed E-state index contributed by atoms with van der Waals surface area (Å²) in [5.41, 5.74) is 0.374. The van der Waals surface area contributed by atoms with Gasteiger partial charge in [-0.2, -0.15) is 0 Å². The molecule has 1 N–H and O–H groups in total. The second-order valence-corrected chi connectivity index (χ2v) is 5.94. The Hall–Kier alpha value is -2.14. The third-order valence-corrected chi connectivity index (χ3v) is 4.35. The van der Waals surface area contributed by atoms with Crippen LogP contribution >= 0.6 is 0 Å². The normalized spacial score (nSPS) is 15.8. The number of furan rings is 1. The van der Waals surface area contributed by atoms with Crippen LogP contribution in [0.15, 0.2) is 40.8 Å². The zero-order valence-corrected chi connectivity index (χ0v) is 13.2. The van der Waals surface area contributed by atoms with E-state index in [9.17, 15) is 9.18 Å². The molecule has 0 bridgehead atoms. The van der Waals surface area contributed by atoms with Gasteiger partial charge in [-0.1, -0.05) is 12.1 Å². The maximum Gasteiger partial charge on any atom is 0.289 e. The van der Waals surface area contributed by atoms with E-state index in [1.165, 1.54) is 6.07 Å². The zero-order chi connectivity index (χ0) is 16.2. The molecule has 0 aliphatic carbocycles. The van der Waals surface area contributed by atoms with Gasteiger partial charge in [0.15, 0.2) is 5.76 Å². The number of carbonyl (C=O) groups excluding carboxylic acids is 1. The van der Waals surface area contributed by atoms with E-state index in [1.54, 1.807) is 30.3 Å². The van der Waals surface area contributed by atoms with E-state index >= 15 is 0 Å². The molecular weight excluding hydrogens is 295 g/mol. The van der Waals surface area contributed by atoms with Gasteiger partial charge in [0, 0.05) is 13.1 Å². The SMILES string of the molecule is CNCC1CCN(C(=O)c2ccc(-c3ccccc3F)o2)CC1. The van der Waals surface area contributed by atoms with Crippen molar-refractivity contribution in [1.29, 1.82) is 0 Å². The van der Waals surface area contributed by atoms with Crippen LogP contribution in [0.1, 0.15) is 23.4 Å². The number of amides is 1. The first kappa shape index (κ1) is 15.7. The Balaban J connectivity index is 1.69. The van der Waals surface area contributed by atoms with Gasteiger partial charge in [0.25, 0.3) is 5.91 Å². The van der Waals surface area contributed by atoms with E-state index in [0.29, 0.717) is 17.2 Å². The van der Waals surface area contributed by atoms with Crippen LogP contribution in [0.4, 0.5) is 4.39 Å². The summed E-state index contributed by atoms with van der Waals surface area (Å²) < 4.78 is 19.4. The van der Waals surface area contributed by atoms with Crippen molar-refractivity contribution < 1.29 is 13.6 Å². The number of hydrogen-bond acceptors (Lipinski definition) is 3. The smallest absolute Gasteiger partial charge is 0.289 e. The van der Waals surface area contributed by atoms with Gasteiger partial charge in [-0.15, -0.1) is 0 Å². The Morgan fingerprint density at radius 2 is 2.00 bits per heavy atom. The van der Waals surface area contributed by atoms with E-state index in [1.807, 2.05) is 11.9 Å². The first-order chi connectivity index (χ1) is 11.2. The number of likely N-dealkylation sites (tertiary alicyclic amines) is 1. The Kier molecular flexibility index (Phi) is 4.76. The van der Waals surface area contributed by atoms with Crippen molar-refractivity contribution in [3.05, 3.63) is 48.0 Å². The molecule has 1 aromatic heterocycles. The highest BCUT2D eigenvalue weighted by Crippen LogP contribution is 2.26. The second kappa shape index (κ2) is 6.96. The molecule has 0 atom stereocenters. The first-order valence-electron chi connectivity index (χ1n) is 7.97. The summed E-state index contributed by atoms with van der Waals surface area (Å²) in [7, 11) is 1.95. The predicted molar refractivity (Wildman–Crippen MR) is 86.7 cm³/mol. The van der Waals surface area contributed by atoms with Crippen molar-refractivity contribution in [2.45, 2.75) is 12.8 Å². The molecule has 0 spiro atoms. The van der Waals surface area contributed by atoms with Crippen molar-refractivity contribution in [2.24, 2.45) is 5.92 Å². The molecule has 1 aliphatic heterocycles. The third-order valence-electron chi connectivity index (χ3n) is 4.35. The molecule has 1 amide bonds. The molecule has 23 heavy (non-hydrogen) atoms. The number of halogens is 1. The Morgan fingerprint density at radius 3 is 2.70 bits per heavy atom. The van der Waals surface area contributed by atoms with E-state index < -0.39 is 0 Å². The molecule has 122 valence electrons. The fourth-order valence-electron chi connectivity index (χ4n) is 3.04. The molecule has 3 rings (SSSR count). The summed E-state index contributed by atoms with van der Waals surface area (Å²) in [4.78, 5) is 14.3. The Labute approximate surface area is 135 Å². The molecule has 0 unspecified atom stereocenters. The standard InChI is InChI=1S/C18H21FN2O2/c1-20-12-13-8-10-21(11-9-13)18(22)17-7-6-16(23-17)14-4-2-3-5-15(14)19/h2-7,13,20H,8-12H2,1H3. The lowest BCUT2D eigenvalue weighted by molar-refractivity contribution is 0.0659. The van der Waals surface area contributed by atoms with Crippen LogP contribution in [0, 0.1) is 11.7 Å². The molecule has 2 heterocycles. The van der Waals surface area contributed by atoms with Crippen molar-refractivity contribution >= 4 is 5.91 Å². The van der Waals surface area contributed by atoms with E-state index in [0.717, 1.165) is 32.5 Å². The maximum absolute atomic E-state index is 13.8. The van der Waals surface area contributed by atoms with Gasteiger partial charge in [0.2, 0.25) is 0 Å². The highest BCUT2D eigenvalue weighted by atomic mass is 19.1. The van der Waals surface area contributed by atoms with Gasteiger partial charge >= 0.3 is 0 Å². The fraction of sp³-hybridized carbons (Fsp3) is 0.389. The highest BCUT2D eigenvalue weighted by molar-refractivity contribution is 5.92. The average Bonchev–Trinajstić information content (AvgIpc) is 3.05. The Bertz CT molecular complexity index is 675. The predicted octanol–water partition coefficient (Wildman–Crippen LogP) is 3.16. The molecule has 4 nitrogen and oxygen atoms in total. The van der Waals surface area contributed by atoms with E-state index in [2.05, 4.69) is 5.32 Å². The quantitative estimate of drug-likeness (QED) is 0.942. The van der Waals surface area contributed by atoms with Gasteiger partial charge in [0.1, 0.15) is 11.6 Å². The van der Waals surface area contributed by atoms with Gasteiger partial charge in [0.05, 0.1) is 5.56 Å². The van der Waals surface area contributed by atoms with E-state index in [-0.39, 0.29) is 17.5 Å². The summed E-state index contributed by atoms with van der Waals surface area (Å²) in [5, 5.41) is 3.18. The topological polar surface area (TPSA) is 45.5 Å². The lowest BCUT2D eigenvalue weighted by Gasteiger charge is -2.31. The Morgan fingerprint density at radius 1 is 1.26 bits per heavy atom. The monoisotopic (exact) mass is 316 g/mol. The summed E-state index contributed by atoms with van der Waals surface area (Å²) in [6.45, 7) is 2.46. The zero-order valence-electron chi connectivity index (χ0n) is 13.2. The number of rotatable bonds is 4. The number of piperidine rings is 1. The third kappa shape index (κ3) is 3.45. The molecule has 1 aliphatic rings. The molecule has 1 aromatic carbocycles. The van der Waals surface area contributed by atoms with Gasteiger partial charge in [-0.25, -0.2) is 4.39 Å². The number of benzene rings is 1. The second-order valence-electron chi connectivity index (χ2n) is 5.94. The largest absolute Gasteiger partial charge is 0.451 e. The van der Waals surface area contributed by atoms with Crippen molar-refractivity contribution in [3.8, 4) is 11.3 Å². The maximum atomic E-state index is 13.8. The van der Waals surface area contributed by atoms with Crippen LogP contribution in [0.25, 0.3) is 11.3 Å².